The number of hydrogen-bond acceptors (Lipinski definition) is 4. The fraction of sp³-hybridized carbons (Fsp3) is 0.370. The number of rotatable bonds is 11. The molecule has 174 valence electrons. The molecule has 0 aliphatic heterocycles. The van der Waals surface area contributed by atoms with E-state index in [1.807, 2.05) is 66.4 Å². The zero-order chi connectivity index (χ0) is 23.6. The van der Waals surface area contributed by atoms with E-state index in [4.69, 9.17) is 4.52 Å². The largest absolute Gasteiger partial charge is 0.359 e. The maximum Gasteiger partial charge on any atom is 0.273 e. The summed E-state index contributed by atoms with van der Waals surface area (Å²) in [6.45, 7) is 6.90. The van der Waals surface area contributed by atoms with Crippen molar-refractivity contribution in [2.24, 2.45) is 0 Å². The molecule has 0 aliphatic carbocycles. The molecule has 0 bridgehead atoms. The van der Waals surface area contributed by atoms with E-state index in [9.17, 15) is 9.59 Å². The summed E-state index contributed by atoms with van der Waals surface area (Å²) in [5, 5.41) is 6.80. The van der Waals surface area contributed by atoms with Crippen LogP contribution in [0.25, 0.3) is 0 Å². The van der Waals surface area contributed by atoms with Gasteiger partial charge in [-0.2, -0.15) is 0 Å². The van der Waals surface area contributed by atoms with Crippen molar-refractivity contribution in [3.05, 3.63) is 88.8 Å². The lowest BCUT2D eigenvalue weighted by atomic mass is 10.1. The Labute approximate surface area is 196 Å². The highest BCUT2D eigenvalue weighted by atomic mass is 16.5. The summed E-state index contributed by atoms with van der Waals surface area (Å²) in [7, 11) is 0. The minimum Gasteiger partial charge on any atom is -0.359 e. The molecule has 2 amide bonds. The van der Waals surface area contributed by atoms with Gasteiger partial charge in [-0.05, 0) is 37.3 Å². The molecule has 0 atom stereocenters. The lowest BCUT2D eigenvalue weighted by Crippen LogP contribution is -2.39. The summed E-state index contributed by atoms with van der Waals surface area (Å²) in [6.07, 6.45) is 2.83. The zero-order valence-electron chi connectivity index (χ0n) is 19.7. The lowest BCUT2D eigenvalue weighted by Gasteiger charge is -2.29. The van der Waals surface area contributed by atoms with E-state index in [1.54, 1.807) is 6.07 Å². The zero-order valence-corrected chi connectivity index (χ0v) is 19.7. The van der Waals surface area contributed by atoms with Crippen molar-refractivity contribution in [3.63, 3.8) is 0 Å². The number of amides is 2. The van der Waals surface area contributed by atoms with Gasteiger partial charge in [-0.25, -0.2) is 0 Å². The van der Waals surface area contributed by atoms with Crippen LogP contribution in [0.4, 0.5) is 0 Å². The Kier molecular flexibility index (Phi) is 8.81. The van der Waals surface area contributed by atoms with E-state index >= 15 is 0 Å². The predicted molar refractivity (Wildman–Crippen MR) is 129 cm³/mol. The van der Waals surface area contributed by atoms with Crippen molar-refractivity contribution in [2.45, 2.75) is 65.6 Å². The number of benzene rings is 2. The third kappa shape index (κ3) is 7.04. The Bertz CT molecular complexity index is 1020. The first kappa shape index (κ1) is 24.2. The second kappa shape index (κ2) is 12.0. The molecule has 0 saturated heterocycles. The van der Waals surface area contributed by atoms with Crippen LogP contribution in [0, 0.1) is 6.92 Å². The Morgan fingerprint density at radius 3 is 2.36 bits per heavy atom. The van der Waals surface area contributed by atoms with Crippen LogP contribution in [0.15, 0.2) is 65.2 Å². The van der Waals surface area contributed by atoms with Crippen LogP contribution in [0.3, 0.4) is 0 Å². The standard InChI is InChI=1S/C27H33N3O3/c1-4-23(5-2)30(26(31)16-15-21-9-7-6-8-10-21)19-24-17-25(29-33-24)27(32)28-18-22-13-11-20(3)12-14-22/h6-14,17,23H,4-5,15-16,18-19H2,1-3H3,(H,28,32). The molecule has 0 radical (unpaired) electrons. The number of aryl methyl sites for hydroxylation is 2. The summed E-state index contributed by atoms with van der Waals surface area (Å²) in [5.74, 6) is 0.292. The van der Waals surface area contributed by atoms with E-state index < -0.39 is 0 Å². The third-order valence-corrected chi connectivity index (χ3v) is 5.87. The summed E-state index contributed by atoms with van der Waals surface area (Å²) in [6, 6.07) is 19.7. The minimum atomic E-state index is -0.296. The summed E-state index contributed by atoms with van der Waals surface area (Å²) >= 11 is 0. The maximum atomic E-state index is 13.1. The quantitative estimate of drug-likeness (QED) is 0.446. The molecule has 2 aromatic carbocycles. The van der Waals surface area contributed by atoms with Crippen molar-refractivity contribution in [3.8, 4) is 0 Å². The van der Waals surface area contributed by atoms with E-state index in [0.717, 1.165) is 24.0 Å². The SMILES string of the molecule is CCC(CC)N(Cc1cc(C(=O)NCc2ccc(C)cc2)no1)C(=O)CCc1ccccc1. The van der Waals surface area contributed by atoms with Gasteiger partial charge in [0.2, 0.25) is 5.91 Å². The number of carbonyl (C=O) groups excluding carboxylic acids is 2. The first-order chi connectivity index (χ1) is 16.0. The van der Waals surface area contributed by atoms with Gasteiger partial charge in [-0.1, -0.05) is 79.2 Å². The van der Waals surface area contributed by atoms with Crippen molar-refractivity contribution in [1.82, 2.24) is 15.4 Å². The fourth-order valence-electron chi connectivity index (χ4n) is 3.83. The van der Waals surface area contributed by atoms with Crippen molar-refractivity contribution in [2.75, 3.05) is 0 Å². The van der Waals surface area contributed by atoms with Crippen molar-refractivity contribution >= 4 is 11.8 Å². The van der Waals surface area contributed by atoms with Crippen LogP contribution in [0.1, 0.15) is 66.0 Å². The molecule has 33 heavy (non-hydrogen) atoms. The molecule has 6 nitrogen and oxygen atoms in total. The smallest absolute Gasteiger partial charge is 0.273 e. The molecule has 3 rings (SSSR count). The molecule has 0 saturated carbocycles. The van der Waals surface area contributed by atoms with E-state index in [0.29, 0.717) is 31.7 Å². The molecule has 0 unspecified atom stereocenters. The lowest BCUT2D eigenvalue weighted by molar-refractivity contribution is -0.134. The highest BCUT2D eigenvalue weighted by molar-refractivity contribution is 5.92. The third-order valence-electron chi connectivity index (χ3n) is 5.87. The normalized spacial score (nSPS) is 10.9. The molecule has 6 heteroatoms. The average molecular weight is 448 g/mol. The van der Waals surface area contributed by atoms with Gasteiger partial charge < -0.3 is 14.7 Å². The molecule has 0 fully saturated rings. The fourth-order valence-corrected chi connectivity index (χ4v) is 3.83. The maximum absolute atomic E-state index is 13.1. The first-order valence-corrected chi connectivity index (χ1v) is 11.6. The van der Waals surface area contributed by atoms with Gasteiger partial charge in [0.15, 0.2) is 11.5 Å². The summed E-state index contributed by atoms with van der Waals surface area (Å²) in [4.78, 5) is 27.5. The van der Waals surface area contributed by atoms with Gasteiger partial charge in [0, 0.05) is 25.1 Å². The molecular formula is C27H33N3O3. The van der Waals surface area contributed by atoms with Crippen LogP contribution < -0.4 is 5.32 Å². The Hall–Kier alpha value is -3.41. The van der Waals surface area contributed by atoms with E-state index in [2.05, 4.69) is 24.3 Å². The van der Waals surface area contributed by atoms with E-state index in [-0.39, 0.29) is 23.6 Å². The molecule has 1 heterocycles. The summed E-state index contributed by atoms with van der Waals surface area (Å²) < 4.78 is 5.43. The van der Waals surface area contributed by atoms with Gasteiger partial charge in [0.1, 0.15) is 0 Å². The van der Waals surface area contributed by atoms with Gasteiger partial charge in [-0.3, -0.25) is 9.59 Å². The number of hydrogen-bond donors (Lipinski definition) is 1. The van der Waals surface area contributed by atoms with Crippen LogP contribution in [-0.4, -0.2) is 27.9 Å². The Morgan fingerprint density at radius 1 is 1.00 bits per heavy atom. The summed E-state index contributed by atoms with van der Waals surface area (Å²) in [5.41, 5.74) is 3.55. The topological polar surface area (TPSA) is 75.4 Å². The van der Waals surface area contributed by atoms with Crippen LogP contribution in [0.5, 0.6) is 0 Å². The average Bonchev–Trinajstić information content (AvgIpc) is 3.31. The van der Waals surface area contributed by atoms with Crippen molar-refractivity contribution in [1.29, 1.82) is 0 Å². The molecule has 0 spiro atoms. The Morgan fingerprint density at radius 2 is 1.70 bits per heavy atom. The molecule has 1 N–H and O–H groups in total. The van der Waals surface area contributed by atoms with Gasteiger partial charge in [0.05, 0.1) is 6.54 Å². The van der Waals surface area contributed by atoms with Crippen molar-refractivity contribution < 1.29 is 14.1 Å². The second-order valence-electron chi connectivity index (χ2n) is 8.32. The predicted octanol–water partition coefficient (Wildman–Crippen LogP) is 5.06. The van der Waals surface area contributed by atoms with Gasteiger partial charge in [0.25, 0.3) is 5.91 Å². The Balaban J connectivity index is 1.61. The number of nitrogens with zero attached hydrogens (tertiary/aromatic N) is 2. The minimum absolute atomic E-state index is 0.0781. The highest BCUT2D eigenvalue weighted by Crippen LogP contribution is 2.17. The molecular weight excluding hydrogens is 414 g/mol. The van der Waals surface area contributed by atoms with Gasteiger partial charge in [-0.15, -0.1) is 0 Å². The number of carbonyl (C=O) groups is 2. The highest BCUT2D eigenvalue weighted by Gasteiger charge is 2.23. The second-order valence-corrected chi connectivity index (χ2v) is 8.32. The monoisotopic (exact) mass is 447 g/mol. The van der Waals surface area contributed by atoms with Crippen LogP contribution in [-0.2, 0) is 24.3 Å². The van der Waals surface area contributed by atoms with Gasteiger partial charge >= 0.3 is 0 Å². The van der Waals surface area contributed by atoms with E-state index in [1.165, 1.54) is 5.56 Å². The molecule has 3 aromatic rings. The molecule has 0 aliphatic rings. The molecule has 1 aromatic heterocycles. The van der Waals surface area contributed by atoms with Crippen LogP contribution in [0.2, 0.25) is 0 Å². The first-order valence-electron chi connectivity index (χ1n) is 11.6. The number of aromatic nitrogens is 1. The van der Waals surface area contributed by atoms with Crippen LogP contribution >= 0.6 is 0 Å². The number of nitrogens with one attached hydrogen (secondary N) is 1.